The first kappa shape index (κ1) is 10.0. The molecule has 0 aromatic rings. The summed E-state index contributed by atoms with van der Waals surface area (Å²) in [4.78, 5) is 10.9. The third kappa shape index (κ3) is 1.82. The molecule has 0 aromatic carbocycles. The number of rotatable bonds is 2. The molecule has 1 amide bonds. The number of carbonyl (C=O) groups excluding carboxylic acids is 1. The predicted octanol–water partition coefficient (Wildman–Crippen LogP) is 2.02. The summed E-state index contributed by atoms with van der Waals surface area (Å²) in [6.45, 7) is 6.47. The van der Waals surface area contributed by atoms with E-state index in [1.165, 1.54) is 0 Å². The van der Waals surface area contributed by atoms with Crippen LogP contribution >= 0.6 is 0 Å². The number of carbonyl (C=O) groups is 1. The van der Waals surface area contributed by atoms with Gasteiger partial charge in [0.25, 0.3) is 0 Å². The van der Waals surface area contributed by atoms with Gasteiger partial charge >= 0.3 is 0 Å². The maximum atomic E-state index is 10.9. The Morgan fingerprint density at radius 2 is 2.31 bits per heavy atom. The maximum absolute atomic E-state index is 10.9. The molecule has 0 heterocycles. The van der Waals surface area contributed by atoms with Gasteiger partial charge < -0.3 is 5.73 Å². The maximum Gasteiger partial charge on any atom is 0.248 e. The van der Waals surface area contributed by atoms with Gasteiger partial charge in [0.1, 0.15) is 0 Å². The van der Waals surface area contributed by atoms with Gasteiger partial charge in [0.2, 0.25) is 5.91 Å². The second kappa shape index (κ2) is 3.36. The zero-order valence-corrected chi connectivity index (χ0v) is 8.50. The Morgan fingerprint density at radius 1 is 1.69 bits per heavy atom. The fourth-order valence-corrected chi connectivity index (χ4v) is 1.55. The van der Waals surface area contributed by atoms with E-state index in [2.05, 4.69) is 26.8 Å². The third-order valence-corrected chi connectivity index (χ3v) is 3.16. The minimum atomic E-state index is -0.332. The summed E-state index contributed by atoms with van der Waals surface area (Å²) < 4.78 is 0. The van der Waals surface area contributed by atoms with Gasteiger partial charge in [0.05, 0.1) is 0 Å². The Hall–Kier alpha value is -1.05. The zero-order chi connectivity index (χ0) is 10.1. The lowest BCUT2D eigenvalue weighted by atomic mass is 9.72. The fourth-order valence-electron chi connectivity index (χ4n) is 1.55. The summed E-state index contributed by atoms with van der Waals surface area (Å²) in [5.41, 5.74) is 6.02. The van der Waals surface area contributed by atoms with Crippen LogP contribution in [0.25, 0.3) is 0 Å². The van der Waals surface area contributed by atoms with E-state index in [9.17, 15) is 4.79 Å². The molecule has 0 aromatic heterocycles. The largest absolute Gasteiger partial charge is 0.366 e. The van der Waals surface area contributed by atoms with Gasteiger partial charge in [0.15, 0.2) is 0 Å². The van der Waals surface area contributed by atoms with Crippen LogP contribution in [0.2, 0.25) is 0 Å². The quantitative estimate of drug-likeness (QED) is 0.692. The second-order valence-electron chi connectivity index (χ2n) is 3.97. The average Bonchev–Trinajstić information content (AvgIpc) is 2.09. The highest BCUT2D eigenvalue weighted by Gasteiger charge is 2.28. The van der Waals surface area contributed by atoms with Crippen molar-refractivity contribution in [1.82, 2.24) is 0 Å². The Bertz CT molecular complexity index is 278. The van der Waals surface area contributed by atoms with Gasteiger partial charge in [-0.25, -0.2) is 0 Å². The van der Waals surface area contributed by atoms with E-state index in [1.54, 1.807) is 0 Å². The highest BCUT2D eigenvalue weighted by molar-refractivity contribution is 5.95. The molecule has 2 unspecified atom stereocenters. The van der Waals surface area contributed by atoms with Crippen molar-refractivity contribution in [1.29, 1.82) is 0 Å². The van der Waals surface area contributed by atoms with E-state index in [0.717, 1.165) is 6.42 Å². The van der Waals surface area contributed by atoms with Gasteiger partial charge in [0, 0.05) is 5.57 Å². The molecule has 2 N–H and O–H groups in total. The molecule has 72 valence electrons. The van der Waals surface area contributed by atoms with Gasteiger partial charge in [-0.15, -0.1) is 0 Å². The predicted molar refractivity (Wildman–Crippen MR) is 54.0 cm³/mol. The van der Waals surface area contributed by atoms with E-state index in [0.29, 0.717) is 11.5 Å². The highest BCUT2D eigenvalue weighted by atomic mass is 16.1. The van der Waals surface area contributed by atoms with Crippen molar-refractivity contribution in [3.05, 3.63) is 23.8 Å². The van der Waals surface area contributed by atoms with Crippen LogP contribution < -0.4 is 5.73 Å². The summed E-state index contributed by atoms with van der Waals surface area (Å²) in [5.74, 6) is 0.0475. The van der Waals surface area contributed by atoms with E-state index >= 15 is 0 Å². The Labute approximate surface area is 79.5 Å². The van der Waals surface area contributed by atoms with Crippen LogP contribution in [0.1, 0.15) is 27.2 Å². The molecule has 0 fully saturated rings. The number of hydrogen-bond acceptors (Lipinski definition) is 1. The number of hydrogen-bond donors (Lipinski definition) is 1. The SMILES string of the molecule is CCC1(C)C=CC(C(N)=O)=CC1C. The topological polar surface area (TPSA) is 43.1 Å². The van der Waals surface area contributed by atoms with Crippen molar-refractivity contribution in [2.75, 3.05) is 0 Å². The second-order valence-corrected chi connectivity index (χ2v) is 3.97. The highest BCUT2D eigenvalue weighted by Crippen LogP contribution is 2.37. The first-order chi connectivity index (χ1) is 5.99. The molecule has 0 spiro atoms. The van der Waals surface area contributed by atoms with Crippen molar-refractivity contribution in [2.45, 2.75) is 27.2 Å². The molecule has 0 bridgehead atoms. The van der Waals surface area contributed by atoms with Gasteiger partial charge in [-0.3, -0.25) is 4.79 Å². The van der Waals surface area contributed by atoms with Crippen LogP contribution in [0.15, 0.2) is 23.8 Å². The first-order valence-electron chi connectivity index (χ1n) is 4.70. The Morgan fingerprint density at radius 3 is 2.69 bits per heavy atom. The van der Waals surface area contributed by atoms with Crippen molar-refractivity contribution < 1.29 is 4.79 Å². The summed E-state index contributed by atoms with van der Waals surface area (Å²) in [5, 5.41) is 0. The normalized spacial score (nSPS) is 32.8. The summed E-state index contributed by atoms with van der Waals surface area (Å²) in [7, 11) is 0. The van der Waals surface area contributed by atoms with Crippen LogP contribution in [0.4, 0.5) is 0 Å². The molecule has 1 aliphatic carbocycles. The van der Waals surface area contributed by atoms with Gasteiger partial charge in [-0.05, 0) is 17.8 Å². The van der Waals surface area contributed by atoms with Crippen LogP contribution in [0.5, 0.6) is 0 Å². The van der Waals surface area contributed by atoms with E-state index in [-0.39, 0.29) is 11.3 Å². The molecule has 0 aliphatic heterocycles. The lowest BCUT2D eigenvalue weighted by molar-refractivity contribution is -0.114. The van der Waals surface area contributed by atoms with E-state index in [4.69, 9.17) is 5.73 Å². The molecule has 1 rings (SSSR count). The Kier molecular flexibility index (Phi) is 2.60. The Balaban J connectivity index is 2.91. The lowest BCUT2D eigenvalue weighted by Gasteiger charge is -2.32. The smallest absolute Gasteiger partial charge is 0.248 e. The molecule has 2 heteroatoms. The van der Waals surface area contributed by atoms with Crippen LogP contribution in [0, 0.1) is 11.3 Å². The van der Waals surface area contributed by atoms with Crippen molar-refractivity contribution in [3.63, 3.8) is 0 Å². The molecule has 1 aliphatic rings. The van der Waals surface area contributed by atoms with E-state index < -0.39 is 0 Å². The van der Waals surface area contributed by atoms with Crippen molar-refractivity contribution in [3.8, 4) is 0 Å². The van der Waals surface area contributed by atoms with Crippen molar-refractivity contribution >= 4 is 5.91 Å². The summed E-state index contributed by atoms with van der Waals surface area (Å²) in [6.07, 6.45) is 6.97. The van der Waals surface area contributed by atoms with Crippen molar-refractivity contribution in [2.24, 2.45) is 17.1 Å². The fraction of sp³-hybridized carbons (Fsp3) is 0.545. The van der Waals surface area contributed by atoms with Crippen LogP contribution in [0.3, 0.4) is 0 Å². The summed E-state index contributed by atoms with van der Waals surface area (Å²) in [6, 6.07) is 0. The van der Waals surface area contributed by atoms with Gasteiger partial charge in [-0.2, -0.15) is 0 Å². The number of allylic oxidation sites excluding steroid dienone is 2. The van der Waals surface area contributed by atoms with Crippen LogP contribution in [-0.4, -0.2) is 5.91 Å². The molecule has 0 saturated carbocycles. The standard InChI is InChI=1S/C11H17NO/c1-4-11(3)6-5-9(10(12)13)7-8(11)2/h5-8H,4H2,1-3H3,(H2,12,13). The molecule has 13 heavy (non-hydrogen) atoms. The third-order valence-electron chi connectivity index (χ3n) is 3.16. The molecule has 0 saturated heterocycles. The molecular formula is C11H17NO. The molecule has 0 radical (unpaired) electrons. The average molecular weight is 179 g/mol. The molecule has 2 atom stereocenters. The van der Waals surface area contributed by atoms with Crippen LogP contribution in [-0.2, 0) is 4.79 Å². The zero-order valence-electron chi connectivity index (χ0n) is 8.50. The number of amides is 1. The first-order valence-corrected chi connectivity index (χ1v) is 4.70. The minimum Gasteiger partial charge on any atom is -0.366 e. The monoisotopic (exact) mass is 179 g/mol. The molecular weight excluding hydrogens is 162 g/mol. The molecule has 2 nitrogen and oxygen atoms in total. The summed E-state index contributed by atoms with van der Waals surface area (Å²) >= 11 is 0. The lowest BCUT2D eigenvalue weighted by Crippen LogP contribution is -2.26. The minimum absolute atomic E-state index is 0.180. The number of nitrogens with two attached hydrogens (primary N) is 1. The van der Waals surface area contributed by atoms with Gasteiger partial charge in [-0.1, -0.05) is 39.0 Å². The van der Waals surface area contributed by atoms with E-state index in [1.807, 2.05) is 12.2 Å². The number of primary amides is 1.